The lowest BCUT2D eigenvalue weighted by Gasteiger charge is -2.20. The van der Waals surface area contributed by atoms with Crippen molar-refractivity contribution in [2.24, 2.45) is 0 Å². The van der Waals surface area contributed by atoms with E-state index in [2.05, 4.69) is 4.98 Å². The van der Waals surface area contributed by atoms with Gasteiger partial charge in [0.2, 0.25) is 5.91 Å². The molecule has 0 bridgehead atoms. The Morgan fingerprint density at radius 3 is 3.00 bits per heavy atom. The second kappa shape index (κ2) is 5.18. The number of pyridine rings is 1. The molecule has 1 unspecified atom stereocenters. The summed E-state index contributed by atoms with van der Waals surface area (Å²) in [7, 11) is 0. The van der Waals surface area contributed by atoms with Gasteiger partial charge in [0, 0.05) is 17.6 Å². The van der Waals surface area contributed by atoms with Gasteiger partial charge in [0.05, 0.1) is 12.3 Å². The summed E-state index contributed by atoms with van der Waals surface area (Å²) in [4.78, 5) is 28.3. The monoisotopic (exact) mass is 252 g/mol. The van der Waals surface area contributed by atoms with E-state index in [-0.39, 0.29) is 12.3 Å². The van der Waals surface area contributed by atoms with Crippen molar-refractivity contribution >= 4 is 23.6 Å². The summed E-state index contributed by atoms with van der Waals surface area (Å²) in [6.45, 7) is 0. The predicted octanol–water partition coefficient (Wildman–Crippen LogP) is 0.610. The van der Waals surface area contributed by atoms with Crippen molar-refractivity contribution in [3.63, 3.8) is 0 Å². The molecule has 1 atom stereocenters. The number of carboxylic acid groups (broad SMARTS) is 1. The van der Waals surface area contributed by atoms with Crippen LogP contribution in [-0.4, -0.2) is 44.5 Å². The van der Waals surface area contributed by atoms with Crippen LogP contribution in [0.2, 0.25) is 0 Å². The second-order valence-corrected chi connectivity index (χ2v) is 4.72. The Morgan fingerprint density at radius 1 is 1.53 bits per heavy atom. The molecule has 90 valence electrons. The van der Waals surface area contributed by atoms with Crippen LogP contribution in [0.4, 0.5) is 0 Å². The third-order valence-electron chi connectivity index (χ3n) is 2.55. The van der Waals surface area contributed by atoms with Gasteiger partial charge in [0.1, 0.15) is 6.04 Å². The SMILES string of the molecule is O=C(O)C1CSCN1C(=O)Cc1ccccn1. The van der Waals surface area contributed by atoms with Gasteiger partial charge in [0.25, 0.3) is 0 Å². The molecule has 1 aromatic rings. The highest BCUT2D eigenvalue weighted by atomic mass is 32.2. The maximum absolute atomic E-state index is 11.9. The fourth-order valence-corrected chi connectivity index (χ4v) is 2.82. The molecule has 5 nitrogen and oxygen atoms in total. The van der Waals surface area contributed by atoms with Crippen LogP contribution in [0.25, 0.3) is 0 Å². The number of carbonyl (C=O) groups is 2. The number of thioether (sulfide) groups is 1. The first-order chi connectivity index (χ1) is 8.18. The Morgan fingerprint density at radius 2 is 2.35 bits per heavy atom. The highest BCUT2D eigenvalue weighted by Crippen LogP contribution is 2.21. The number of aliphatic carboxylic acids is 1. The molecule has 6 heteroatoms. The van der Waals surface area contributed by atoms with E-state index >= 15 is 0 Å². The zero-order valence-electron chi connectivity index (χ0n) is 9.07. The fraction of sp³-hybridized carbons (Fsp3) is 0.364. The molecule has 1 N–H and O–H groups in total. The molecule has 0 spiro atoms. The first-order valence-electron chi connectivity index (χ1n) is 5.18. The lowest BCUT2D eigenvalue weighted by molar-refractivity contribution is -0.147. The topological polar surface area (TPSA) is 70.5 Å². The maximum Gasteiger partial charge on any atom is 0.327 e. The lowest BCUT2D eigenvalue weighted by Crippen LogP contribution is -2.42. The minimum atomic E-state index is -0.940. The van der Waals surface area contributed by atoms with E-state index in [1.54, 1.807) is 18.3 Å². The molecule has 0 saturated carbocycles. The molecule has 0 radical (unpaired) electrons. The van der Waals surface area contributed by atoms with Crippen LogP contribution in [0.3, 0.4) is 0 Å². The van der Waals surface area contributed by atoms with Gasteiger partial charge >= 0.3 is 5.97 Å². The molecular formula is C11H12N2O3S. The van der Waals surface area contributed by atoms with Gasteiger partial charge in [0.15, 0.2) is 0 Å². The minimum absolute atomic E-state index is 0.158. The number of aromatic nitrogens is 1. The molecule has 2 heterocycles. The van der Waals surface area contributed by atoms with Gasteiger partial charge in [-0.3, -0.25) is 9.78 Å². The highest BCUT2D eigenvalue weighted by Gasteiger charge is 2.34. The molecule has 1 aliphatic rings. The molecule has 1 aromatic heterocycles. The molecule has 1 amide bonds. The Hall–Kier alpha value is -1.56. The Balaban J connectivity index is 2.03. The number of hydrogen-bond acceptors (Lipinski definition) is 4. The van der Waals surface area contributed by atoms with Crippen LogP contribution in [-0.2, 0) is 16.0 Å². The summed E-state index contributed by atoms with van der Waals surface area (Å²) in [5, 5.41) is 8.98. The molecule has 1 aliphatic heterocycles. The third kappa shape index (κ3) is 2.76. The van der Waals surface area contributed by atoms with Gasteiger partial charge in [-0.2, -0.15) is 0 Å². The summed E-state index contributed by atoms with van der Waals surface area (Å²) in [5.41, 5.74) is 0.665. The molecular weight excluding hydrogens is 240 g/mol. The van der Waals surface area contributed by atoms with Crippen molar-refractivity contribution in [3.8, 4) is 0 Å². The van der Waals surface area contributed by atoms with E-state index in [9.17, 15) is 9.59 Å². The van der Waals surface area contributed by atoms with E-state index in [1.807, 2.05) is 6.07 Å². The third-order valence-corrected chi connectivity index (χ3v) is 3.56. The quantitative estimate of drug-likeness (QED) is 0.853. The van der Waals surface area contributed by atoms with Gasteiger partial charge in [-0.25, -0.2) is 4.79 Å². The van der Waals surface area contributed by atoms with Crippen molar-refractivity contribution in [1.82, 2.24) is 9.88 Å². The average Bonchev–Trinajstić information content (AvgIpc) is 2.79. The van der Waals surface area contributed by atoms with Crippen LogP contribution in [0.15, 0.2) is 24.4 Å². The van der Waals surface area contributed by atoms with Gasteiger partial charge in [-0.1, -0.05) is 6.07 Å². The predicted molar refractivity (Wildman–Crippen MR) is 63.5 cm³/mol. The number of carbonyl (C=O) groups excluding carboxylic acids is 1. The number of nitrogens with zero attached hydrogens (tertiary/aromatic N) is 2. The molecule has 0 aromatic carbocycles. The number of hydrogen-bond donors (Lipinski definition) is 1. The van der Waals surface area contributed by atoms with Crippen LogP contribution >= 0.6 is 11.8 Å². The second-order valence-electron chi connectivity index (χ2n) is 3.72. The fourth-order valence-electron chi connectivity index (χ4n) is 1.65. The van der Waals surface area contributed by atoms with Crippen molar-refractivity contribution in [3.05, 3.63) is 30.1 Å². The van der Waals surface area contributed by atoms with E-state index in [0.29, 0.717) is 17.3 Å². The summed E-state index contributed by atoms with van der Waals surface area (Å²) in [6.07, 6.45) is 1.78. The normalized spacial score (nSPS) is 19.3. The lowest BCUT2D eigenvalue weighted by atomic mass is 10.2. The van der Waals surface area contributed by atoms with Gasteiger partial charge in [-0.15, -0.1) is 11.8 Å². The standard InChI is InChI=1S/C11H12N2O3S/c14-10(5-8-3-1-2-4-12-8)13-7-17-6-9(13)11(15)16/h1-4,9H,5-7H2,(H,15,16). The van der Waals surface area contributed by atoms with Crippen molar-refractivity contribution in [1.29, 1.82) is 0 Å². The molecule has 0 aliphatic carbocycles. The molecule has 1 fully saturated rings. The number of rotatable bonds is 3. The average molecular weight is 252 g/mol. The van der Waals surface area contributed by atoms with E-state index in [0.717, 1.165) is 0 Å². The molecule has 2 rings (SSSR count). The first-order valence-corrected chi connectivity index (χ1v) is 6.34. The van der Waals surface area contributed by atoms with Crippen LogP contribution in [0.5, 0.6) is 0 Å². The largest absolute Gasteiger partial charge is 0.480 e. The minimum Gasteiger partial charge on any atom is -0.480 e. The van der Waals surface area contributed by atoms with Crippen LogP contribution in [0, 0.1) is 0 Å². The molecule has 17 heavy (non-hydrogen) atoms. The molecule has 1 saturated heterocycles. The zero-order valence-corrected chi connectivity index (χ0v) is 9.89. The van der Waals surface area contributed by atoms with E-state index in [4.69, 9.17) is 5.11 Å². The smallest absolute Gasteiger partial charge is 0.327 e. The van der Waals surface area contributed by atoms with E-state index in [1.165, 1.54) is 16.7 Å². The van der Waals surface area contributed by atoms with Crippen molar-refractivity contribution in [2.75, 3.05) is 11.6 Å². The number of carboxylic acids is 1. The van der Waals surface area contributed by atoms with Crippen LogP contribution < -0.4 is 0 Å². The summed E-state index contributed by atoms with van der Waals surface area (Å²) in [6, 6.07) is 4.65. The Bertz CT molecular complexity index is 424. The summed E-state index contributed by atoms with van der Waals surface area (Å²) >= 11 is 1.46. The number of amides is 1. The Labute approximate surface area is 103 Å². The Kier molecular flexibility index (Phi) is 3.63. The van der Waals surface area contributed by atoms with E-state index < -0.39 is 12.0 Å². The summed E-state index contributed by atoms with van der Waals surface area (Å²) in [5.74, 6) is -0.211. The van der Waals surface area contributed by atoms with Gasteiger partial charge in [-0.05, 0) is 12.1 Å². The zero-order chi connectivity index (χ0) is 12.3. The maximum atomic E-state index is 11.9. The highest BCUT2D eigenvalue weighted by molar-refractivity contribution is 7.99. The summed E-state index contributed by atoms with van der Waals surface area (Å²) < 4.78 is 0. The first kappa shape index (κ1) is 11.9. The van der Waals surface area contributed by atoms with Crippen molar-refractivity contribution < 1.29 is 14.7 Å². The van der Waals surface area contributed by atoms with Crippen molar-refractivity contribution in [2.45, 2.75) is 12.5 Å². The van der Waals surface area contributed by atoms with Crippen LogP contribution in [0.1, 0.15) is 5.69 Å². The van der Waals surface area contributed by atoms with Gasteiger partial charge < -0.3 is 10.0 Å².